The molecule has 2 rings (SSSR count). The van der Waals surface area contributed by atoms with Gasteiger partial charge in [0.1, 0.15) is 0 Å². The molecule has 1 unspecified atom stereocenters. The highest BCUT2D eigenvalue weighted by atomic mass is 16.4. The van der Waals surface area contributed by atoms with Gasteiger partial charge in [0.05, 0.1) is 12.5 Å². The quantitative estimate of drug-likeness (QED) is 0.532. The van der Waals surface area contributed by atoms with Crippen LogP contribution in [0.3, 0.4) is 0 Å². The fraction of sp³-hybridized carbons (Fsp3) is 0.300. The summed E-state index contributed by atoms with van der Waals surface area (Å²) < 4.78 is 0. The lowest BCUT2D eigenvalue weighted by Crippen LogP contribution is -2.50. The van der Waals surface area contributed by atoms with Gasteiger partial charge in [-0.05, 0) is 35.6 Å². The summed E-state index contributed by atoms with van der Waals surface area (Å²) in [4.78, 5) is 24.4. The molecule has 2 amide bonds. The molecule has 6 nitrogen and oxygen atoms in total. The fourth-order valence-corrected chi connectivity index (χ4v) is 2.75. The Morgan fingerprint density at radius 3 is 2.30 bits per heavy atom. The van der Waals surface area contributed by atoms with Crippen molar-refractivity contribution in [1.82, 2.24) is 10.6 Å². The van der Waals surface area contributed by atoms with E-state index in [1.54, 1.807) is 18.2 Å². The zero-order valence-corrected chi connectivity index (χ0v) is 15.6. The third-order valence-electron chi connectivity index (χ3n) is 4.07. The van der Waals surface area contributed by atoms with Gasteiger partial charge < -0.3 is 20.7 Å². The van der Waals surface area contributed by atoms with Crippen molar-refractivity contribution in [3.8, 4) is 11.1 Å². The number of amides is 2. The molecule has 0 bridgehead atoms. The molecule has 0 heterocycles. The Bertz CT molecular complexity index is 766. The van der Waals surface area contributed by atoms with Crippen LogP contribution in [0.5, 0.6) is 0 Å². The van der Waals surface area contributed by atoms with E-state index in [1.165, 1.54) is 0 Å². The first kappa shape index (κ1) is 20.7. The second kappa shape index (κ2) is 9.90. The molecule has 0 fully saturated rings. The Kier molecular flexibility index (Phi) is 7.58. The smallest absolute Gasteiger partial charge is 0.426 e. The van der Waals surface area contributed by atoms with Gasteiger partial charge in [0.25, 0.3) is 5.91 Å². The number of nitrogens with one attached hydrogen (secondary N) is 2. The van der Waals surface area contributed by atoms with Gasteiger partial charge in [-0.2, -0.15) is 0 Å². The molecule has 2 aromatic rings. The van der Waals surface area contributed by atoms with Crippen LogP contribution in [-0.2, 0) is 4.79 Å². The molecule has 7 heteroatoms. The second-order valence-electron chi connectivity index (χ2n) is 6.85. The minimum atomic E-state index is -1.64. The molecule has 0 aromatic heterocycles. The Balaban J connectivity index is 1.94. The summed E-state index contributed by atoms with van der Waals surface area (Å²) >= 11 is 0. The SMILES string of the molecule is CC(C)CC(NC(=O)CNC(=O)c1cccc(-c2ccccc2)c1)B(O)O. The molecule has 0 saturated carbocycles. The molecule has 142 valence electrons. The van der Waals surface area contributed by atoms with Crippen LogP contribution in [0.1, 0.15) is 30.6 Å². The van der Waals surface area contributed by atoms with E-state index in [1.807, 2.05) is 50.2 Å². The summed E-state index contributed by atoms with van der Waals surface area (Å²) in [5.41, 5.74) is 2.36. The van der Waals surface area contributed by atoms with Gasteiger partial charge in [-0.1, -0.05) is 56.3 Å². The van der Waals surface area contributed by atoms with Crippen LogP contribution in [0.4, 0.5) is 0 Å². The summed E-state index contributed by atoms with van der Waals surface area (Å²) in [6.45, 7) is 3.60. The van der Waals surface area contributed by atoms with E-state index >= 15 is 0 Å². The fourth-order valence-electron chi connectivity index (χ4n) is 2.75. The van der Waals surface area contributed by atoms with Crippen molar-refractivity contribution in [2.75, 3.05) is 6.54 Å². The monoisotopic (exact) mass is 368 g/mol. The van der Waals surface area contributed by atoms with Crippen molar-refractivity contribution in [3.05, 3.63) is 60.2 Å². The van der Waals surface area contributed by atoms with Crippen LogP contribution in [-0.4, -0.2) is 41.5 Å². The lowest BCUT2D eigenvalue weighted by atomic mass is 9.75. The van der Waals surface area contributed by atoms with Crippen LogP contribution in [0, 0.1) is 5.92 Å². The predicted molar refractivity (Wildman–Crippen MR) is 106 cm³/mol. The normalized spacial score (nSPS) is 11.7. The van der Waals surface area contributed by atoms with Crippen molar-refractivity contribution in [2.24, 2.45) is 5.92 Å². The van der Waals surface area contributed by atoms with Crippen LogP contribution in [0.2, 0.25) is 0 Å². The number of hydrogen-bond acceptors (Lipinski definition) is 4. The summed E-state index contributed by atoms with van der Waals surface area (Å²) in [5.74, 6) is -1.42. The first-order valence-corrected chi connectivity index (χ1v) is 8.96. The minimum Gasteiger partial charge on any atom is -0.426 e. The average Bonchev–Trinajstić information content (AvgIpc) is 2.66. The van der Waals surface area contributed by atoms with Crippen LogP contribution in [0.25, 0.3) is 11.1 Å². The molecule has 0 aliphatic rings. The van der Waals surface area contributed by atoms with E-state index in [0.29, 0.717) is 12.0 Å². The number of carbonyl (C=O) groups is 2. The number of hydrogen-bond donors (Lipinski definition) is 4. The molecule has 27 heavy (non-hydrogen) atoms. The lowest BCUT2D eigenvalue weighted by molar-refractivity contribution is -0.120. The topological polar surface area (TPSA) is 98.7 Å². The van der Waals surface area contributed by atoms with Gasteiger partial charge in [0.15, 0.2) is 0 Å². The summed E-state index contributed by atoms with van der Waals surface area (Å²) in [5, 5.41) is 23.8. The van der Waals surface area contributed by atoms with Gasteiger partial charge in [-0.15, -0.1) is 0 Å². The number of carbonyl (C=O) groups excluding carboxylic acids is 2. The van der Waals surface area contributed by atoms with Crippen molar-refractivity contribution >= 4 is 18.9 Å². The molecule has 0 aliphatic carbocycles. The molecule has 4 N–H and O–H groups in total. The van der Waals surface area contributed by atoms with Crippen LogP contribution < -0.4 is 10.6 Å². The first-order valence-electron chi connectivity index (χ1n) is 8.96. The highest BCUT2D eigenvalue weighted by Gasteiger charge is 2.26. The molecule has 0 aliphatic heterocycles. The van der Waals surface area contributed by atoms with E-state index in [0.717, 1.165) is 11.1 Å². The summed E-state index contributed by atoms with van der Waals surface area (Å²) in [6.07, 6.45) is 0.427. The van der Waals surface area contributed by atoms with E-state index in [-0.39, 0.29) is 18.4 Å². The number of rotatable bonds is 8. The van der Waals surface area contributed by atoms with Gasteiger partial charge >= 0.3 is 7.12 Å². The second-order valence-corrected chi connectivity index (χ2v) is 6.85. The Morgan fingerprint density at radius 2 is 1.67 bits per heavy atom. The first-order chi connectivity index (χ1) is 12.9. The molecule has 0 saturated heterocycles. The summed E-state index contributed by atoms with van der Waals surface area (Å²) in [7, 11) is -1.64. The average molecular weight is 368 g/mol. The zero-order valence-electron chi connectivity index (χ0n) is 15.6. The molecule has 0 radical (unpaired) electrons. The standard InChI is InChI=1S/C20H25BN2O4/c1-14(2)11-18(21(26)27)23-19(24)13-22-20(25)17-10-6-9-16(12-17)15-7-4-3-5-8-15/h3-10,12,14,18,26-27H,11,13H2,1-2H3,(H,22,25)(H,23,24). The van der Waals surface area contributed by atoms with Gasteiger partial charge in [0.2, 0.25) is 5.91 Å². The highest BCUT2D eigenvalue weighted by molar-refractivity contribution is 6.43. The van der Waals surface area contributed by atoms with Gasteiger partial charge in [-0.3, -0.25) is 9.59 Å². The lowest BCUT2D eigenvalue weighted by Gasteiger charge is -2.19. The largest absolute Gasteiger partial charge is 0.475 e. The maximum Gasteiger partial charge on any atom is 0.475 e. The van der Waals surface area contributed by atoms with Crippen LogP contribution in [0.15, 0.2) is 54.6 Å². The zero-order chi connectivity index (χ0) is 19.8. The van der Waals surface area contributed by atoms with E-state index < -0.39 is 19.0 Å². The third-order valence-corrected chi connectivity index (χ3v) is 4.07. The van der Waals surface area contributed by atoms with Crippen molar-refractivity contribution in [1.29, 1.82) is 0 Å². The Hall–Kier alpha value is -2.64. The van der Waals surface area contributed by atoms with Gasteiger partial charge in [0, 0.05) is 5.56 Å². The van der Waals surface area contributed by atoms with E-state index in [9.17, 15) is 19.6 Å². The Morgan fingerprint density at radius 1 is 1.00 bits per heavy atom. The minimum absolute atomic E-state index is 0.187. The maximum absolute atomic E-state index is 12.3. The van der Waals surface area contributed by atoms with Crippen molar-refractivity contribution in [3.63, 3.8) is 0 Å². The number of benzene rings is 2. The predicted octanol–water partition coefficient (Wildman–Crippen LogP) is 1.63. The van der Waals surface area contributed by atoms with Gasteiger partial charge in [-0.25, -0.2) is 0 Å². The summed E-state index contributed by atoms with van der Waals surface area (Å²) in [6, 6.07) is 16.8. The molecule has 2 aromatic carbocycles. The molecule has 0 spiro atoms. The van der Waals surface area contributed by atoms with E-state index in [4.69, 9.17) is 0 Å². The van der Waals surface area contributed by atoms with Crippen molar-refractivity contribution in [2.45, 2.75) is 26.2 Å². The molecular formula is C20H25BN2O4. The highest BCUT2D eigenvalue weighted by Crippen LogP contribution is 2.19. The Labute approximate surface area is 159 Å². The molecule has 1 atom stereocenters. The van der Waals surface area contributed by atoms with Crippen LogP contribution >= 0.6 is 0 Å². The maximum atomic E-state index is 12.3. The third kappa shape index (κ3) is 6.55. The van der Waals surface area contributed by atoms with Crippen molar-refractivity contribution < 1.29 is 19.6 Å². The van der Waals surface area contributed by atoms with E-state index in [2.05, 4.69) is 10.6 Å². The molecular weight excluding hydrogens is 343 g/mol.